The van der Waals surface area contributed by atoms with Gasteiger partial charge in [-0.15, -0.1) is 0 Å². The van der Waals surface area contributed by atoms with Gasteiger partial charge in [0.25, 0.3) is 0 Å². The van der Waals surface area contributed by atoms with Crippen molar-refractivity contribution < 1.29 is 22.9 Å². The second-order valence-corrected chi connectivity index (χ2v) is 7.82. The summed E-state index contributed by atoms with van der Waals surface area (Å²) < 4.78 is 22.9. The molecule has 2 heterocycles. The van der Waals surface area contributed by atoms with E-state index < -0.39 is 19.1 Å². The van der Waals surface area contributed by atoms with E-state index in [1.165, 1.54) is 0 Å². The monoisotopic (exact) mass is 270 g/mol. The molecule has 98 valence electrons. The standard InChI is InChI=1S/C12H15O5P/c1-12(2)11(13)16-18(17-12,14-8-9-15-18)10-6-4-3-5-7-10/h3-7H,8-9H2,1-2H3. The molecule has 2 aliphatic heterocycles. The maximum absolute atomic E-state index is 12.0. The average molecular weight is 270 g/mol. The number of rotatable bonds is 1. The van der Waals surface area contributed by atoms with E-state index in [1.807, 2.05) is 18.2 Å². The van der Waals surface area contributed by atoms with Gasteiger partial charge in [-0.1, -0.05) is 0 Å². The van der Waals surface area contributed by atoms with Crippen molar-refractivity contribution in [1.29, 1.82) is 0 Å². The quantitative estimate of drug-likeness (QED) is 0.730. The van der Waals surface area contributed by atoms with Gasteiger partial charge in [0.05, 0.1) is 0 Å². The summed E-state index contributed by atoms with van der Waals surface area (Å²) in [7, 11) is -3.93. The molecule has 1 aromatic rings. The van der Waals surface area contributed by atoms with Crippen molar-refractivity contribution >= 4 is 18.8 Å². The van der Waals surface area contributed by atoms with Gasteiger partial charge in [0, 0.05) is 0 Å². The SMILES string of the molecule is CC1(C)OP2(c3ccccc3)(OCCO2)OC1=O. The Morgan fingerprint density at radius 3 is 2.22 bits per heavy atom. The first-order chi connectivity index (χ1) is 8.47. The molecule has 0 N–H and O–H groups in total. The predicted molar refractivity (Wildman–Crippen MR) is 66.2 cm³/mol. The van der Waals surface area contributed by atoms with E-state index >= 15 is 0 Å². The molecule has 0 saturated carbocycles. The molecule has 2 aliphatic rings. The zero-order valence-corrected chi connectivity index (χ0v) is 11.2. The van der Waals surface area contributed by atoms with Gasteiger partial charge in [-0.2, -0.15) is 0 Å². The number of benzene rings is 1. The fourth-order valence-corrected chi connectivity index (χ4v) is 5.80. The molecule has 2 fully saturated rings. The molecule has 0 bridgehead atoms. The van der Waals surface area contributed by atoms with Crippen LogP contribution in [0.4, 0.5) is 0 Å². The Labute approximate surface area is 105 Å². The molecule has 0 atom stereocenters. The fourth-order valence-electron chi connectivity index (χ4n) is 2.16. The van der Waals surface area contributed by atoms with Gasteiger partial charge in [0.15, 0.2) is 0 Å². The van der Waals surface area contributed by atoms with Crippen molar-refractivity contribution in [2.24, 2.45) is 0 Å². The molecule has 5 nitrogen and oxygen atoms in total. The summed E-state index contributed by atoms with van der Waals surface area (Å²) in [6, 6.07) is 9.15. The second-order valence-electron chi connectivity index (χ2n) is 4.79. The van der Waals surface area contributed by atoms with Gasteiger partial charge >= 0.3 is 105 Å². The Morgan fingerprint density at radius 2 is 1.72 bits per heavy atom. The van der Waals surface area contributed by atoms with Gasteiger partial charge in [0.1, 0.15) is 0 Å². The minimum atomic E-state index is -3.93. The van der Waals surface area contributed by atoms with Gasteiger partial charge < -0.3 is 0 Å². The number of hydrogen-bond acceptors (Lipinski definition) is 5. The van der Waals surface area contributed by atoms with Crippen LogP contribution in [-0.4, -0.2) is 24.8 Å². The van der Waals surface area contributed by atoms with E-state index in [9.17, 15) is 4.79 Å². The Bertz CT molecular complexity index is 492. The summed E-state index contributed by atoms with van der Waals surface area (Å²) in [5.74, 6) is -0.453. The van der Waals surface area contributed by atoms with Gasteiger partial charge in [-0.3, -0.25) is 0 Å². The molecule has 3 rings (SSSR count). The van der Waals surface area contributed by atoms with Crippen LogP contribution in [0.2, 0.25) is 0 Å². The van der Waals surface area contributed by atoms with Crippen LogP contribution in [0.5, 0.6) is 0 Å². The first-order valence-electron chi connectivity index (χ1n) is 5.80. The van der Waals surface area contributed by atoms with Crippen molar-refractivity contribution in [1.82, 2.24) is 0 Å². The molecular weight excluding hydrogens is 255 g/mol. The Kier molecular flexibility index (Phi) is 2.35. The maximum atomic E-state index is 12.0. The average Bonchev–Trinajstić information content (AvgIpc) is 2.84. The van der Waals surface area contributed by atoms with E-state index in [0.29, 0.717) is 18.5 Å². The molecule has 18 heavy (non-hydrogen) atoms. The zero-order chi connectivity index (χ0) is 12.9. The number of carbonyl (C=O) groups is 1. The number of hydrogen-bond donors (Lipinski definition) is 0. The van der Waals surface area contributed by atoms with Crippen LogP contribution in [0.25, 0.3) is 0 Å². The predicted octanol–water partition coefficient (Wildman–Crippen LogP) is 1.92. The topological polar surface area (TPSA) is 54.0 Å². The third-order valence-corrected chi connectivity index (χ3v) is 6.66. The minimum absolute atomic E-state index is 0.357. The van der Waals surface area contributed by atoms with E-state index in [-0.39, 0.29) is 0 Å². The molecule has 1 spiro atoms. The van der Waals surface area contributed by atoms with Crippen molar-refractivity contribution in [3.8, 4) is 0 Å². The van der Waals surface area contributed by atoms with Crippen LogP contribution >= 0.6 is 7.51 Å². The number of carbonyl (C=O) groups excluding carboxylic acids is 1. The molecule has 0 aliphatic carbocycles. The van der Waals surface area contributed by atoms with Crippen LogP contribution in [0, 0.1) is 0 Å². The molecule has 0 amide bonds. The molecule has 0 aromatic heterocycles. The van der Waals surface area contributed by atoms with Gasteiger partial charge in [0.2, 0.25) is 0 Å². The molecule has 0 unspecified atom stereocenters. The van der Waals surface area contributed by atoms with E-state index in [2.05, 4.69) is 0 Å². The zero-order valence-electron chi connectivity index (χ0n) is 10.3. The third-order valence-electron chi connectivity index (χ3n) is 3.01. The third kappa shape index (κ3) is 1.45. The van der Waals surface area contributed by atoms with Crippen LogP contribution in [0.15, 0.2) is 30.3 Å². The summed E-state index contributed by atoms with van der Waals surface area (Å²) in [6.45, 7) is 4.03. The first-order valence-corrected chi connectivity index (χ1v) is 7.71. The molecular formula is C12H15O5P. The molecule has 6 heteroatoms. The molecule has 0 radical (unpaired) electrons. The second kappa shape index (κ2) is 3.52. The summed E-state index contributed by atoms with van der Waals surface area (Å²) in [5.41, 5.74) is -1.06. The van der Waals surface area contributed by atoms with Crippen molar-refractivity contribution in [2.75, 3.05) is 13.2 Å². The van der Waals surface area contributed by atoms with Crippen LogP contribution in [0.1, 0.15) is 13.8 Å². The van der Waals surface area contributed by atoms with Crippen molar-refractivity contribution in [3.05, 3.63) is 30.3 Å². The first kappa shape index (κ1) is 12.1. The van der Waals surface area contributed by atoms with E-state index in [0.717, 1.165) is 0 Å². The summed E-state index contributed by atoms with van der Waals surface area (Å²) in [4.78, 5) is 12.0. The Balaban J connectivity index is 2.17. The van der Waals surface area contributed by atoms with Crippen LogP contribution in [0.3, 0.4) is 0 Å². The summed E-state index contributed by atoms with van der Waals surface area (Å²) in [5, 5.41) is 0.653. The van der Waals surface area contributed by atoms with Crippen molar-refractivity contribution in [2.45, 2.75) is 19.4 Å². The van der Waals surface area contributed by atoms with E-state index in [4.69, 9.17) is 18.1 Å². The van der Waals surface area contributed by atoms with E-state index in [1.54, 1.807) is 26.0 Å². The van der Waals surface area contributed by atoms with Gasteiger partial charge in [-0.25, -0.2) is 0 Å². The summed E-state index contributed by atoms with van der Waals surface area (Å²) >= 11 is 0. The van der Waals surface area contributed by atoms with Crippen LogP contribution in [-0.2, 0) is 22.9 Å². The normalized spacial score (nSPS) is 29.7. The van der Waals surface area contributed by atoms with Gasteiger partial charge in [-0.05, 0) is 0 Å². The Morgan fingerprint density at radius 1 is 1.11 bits per heavy atom. The fraction of sp³-hybridized carbons (Fsp3) is 0.417. The van der Waals surface area contributed by atoms with Crippen molar-refractivity contribution in [3.63, 3.8) is 0 Å². The summed E-state index contributed by atoms with van der Waals surface area (Å²) in [6.07, 6.45) is 0. The molecule has 2 saturated heterocycles. The molecule has 1 aromatic carbocycles. The van der Waals surface area contributed by atoms with Crippen LogP contribution < -0.4 is 5.30 Å². The Hall–Kier alpha value is -1.00.